The van der Waals surface area contributed by atoms with Gasteiger partial charge in [-0.15, -0.1) is 0 Å². The molecule has 0 radical (unpaired) electrons. The molecule has 0 fully saturated rings. The van der Waals surface area contributed by atoms with E-state index in [-0.39, 0.29) is 12.0 Å². The molecule has 1 rings (SSSR count). The van der Waals surface area contributed by atoms with Crippen LogP contribution in [0.1, 0.15) is 18.9 Å². The first kappa shape index (κ1) is 14.4. The molecule has 1 N–H and O–H groups in total. The van der Waals surface area contributed by atoms with Crippen LogP contribution in [0.15, 0.2) is 24.3 Å². The van der Waals surface area contributed by atoms with Gasteiger partial charge in [0.05, 0.1) is 12.5 Å². The number of halogens is 1. The number of carbonyl (C=O) groups excluding carboxylic acids is 1. The monoisotopic (exact) mass is 347 g/mol. The number of carbonyl (C=O) groups is 1. The highest BCUT2D eigenvalue weighted by Crippen LogP contribution is 2.09. The summed E-state index contributed by atoms with van der Waals surface area (Å²) in [6.07, 6.45) is 0.685. The summed E-state index contributed by atoms with van der Waals surface area (Å²) in [6, 6.07) is 7.94. The Morgan fingerprint density at radius 3 is 2.82 bits per heavy atom. The maximum Gasteiger partial charge on any atom is 0.226 e. The van der Waals surface area contributed by atoms with Crippen LogP contribution in [-0.2, 0) is 11.2 Å². The van der Waals surface area contributed by atoms with Crippen LogP contribution >= 0.6 is 22.6 Å². The summed E-state index contributed by atoms with van der Waals surface area (Å²) >= 11 is 2.24. The van der Waals surface area contributed by atoms with Crippen molar-refractivity contribution in [3.8, 4) is 0 Å². The first-order chi connectivity index (χ1) is 7.99. The Hall–Kier alpha value is -0.620. The van der Waals surface area contributed by atoms with Crippen LogP contribution in [0.4, 0.5) is 0 Å². The molecule has 94 valence electrons. The molecule has 0 aliphatic heterocycles. The molecule has 0 aromatic heterocycles. The van der Waals surface area contributed by atoms with Gasteiger partial charge in [-0.1, -0.05) is 12.1 Å². The van der Waals surface area contributed by atoms with Gasteiger partial charge in [-0.25, -0.2) is 0 Å². The molecular weight excluding hydrogens is 329 g/mol. The van der Waals surface area contributed by atoms with E-state index in [0.717, 1.165) is 9.13 Å². The van der Waals surface area contributed by atoms with Gasteiger partial charge in [-0.2, -0.15) is 0 Å². The van der Waals surface area contributed by atoms with Gasteiger partial charge in [0.25, 0.3) is 0 Å². The number of rotatable bonds is 5. The van der Waals surface area contributed by atoms with Crippen LogP contribution in [0.25, 0.3) is 0 Å². The Morgan fingerprint density at radius 2 is 2.24 bits per heavy atom. The number of likely N-dealkylation sites (N-methyl/N-ethyl adjacent to an activating group) is 1. The van der Waals surface area contributed by atoms with Crippen molar-refractivity contribution < 1.29 is 9.90 Å². The third-order valence-electron chi connectivity index (χ3n) is 2.55. The SMILES string of the molecule is CC(O)CCN(C)C(=O)Cc1cccc(I)c1. The van der Waals surface area contributed by atoms with E-state index in [2.05, 4.69) is 22.6 Å². The Labute approximate surface area is 116 Å². The predicted octanol–water partition coefficient (Wildman–Crippen LogP) is 2.06. The molecule has 3 nitrogen and oxygen atoms in total. The summed E-state index contributed by atoms with van der Waals surface area (Å²) in [6.45, 7) is 2.33. The van der Waals surface area contributed by atoms with Gasteiger partial charge >= 0.3 is 0 Å². The van der Waals surface area contributed by atoms with E-state index in [0.29, 0.717) is 19.4 Å². The molecule has 1 aromatic carbocycles. The second kappa shape index (κ2) is 6.96. The molecule has 0 saturated heterocycles. The van der Waals surface area contributed by atoms with E-state index in [1.165, 1.54) is 0 Å². The third-order valence-corrected chi connectivity index (χ3v) is 3.22. The van der Waals surface area contributed by atoms with Gasteiger partial charge in [0, 0.05) is 17.2 Å². The minimum Gasteiger partial charge on any atom is -0.393 e. The molecule has 1 atom stereocenters. The number of hydrogen-bond acceptors (Lipinski definition) is 2. The molecule has 0 saturated carbocycles. The van der Waals surface area contributed by atoms with Crippen LogP contribution in [0.2, 0.25) is 0 Å². The summed E-state index contributed by atoms with van der Waals surface area (Å²) in [4.78, 5) is 13.6. The van der Waals surface area contributed by atoms with Crippen molar-refractivity contribution in [2.24, 2.45) is 0 Å². The van der Waals surface area contributed by atoms with E-state index in [9.17, 15) is 9.90 Å². The Morgan fingerprint density at radius 1 is 1.53 bits per heavy atom. The summed E-state index contributed by atoms with van der Waals surface area (Å²) < 4.78 is 1.14. The molecular formula is C13H18INO2. The highest BCUT2D eigenvalue weighted by atomic mass is 127. The summed E-state index contributed by atoms with van der Waals surface area (Å²) in [5, 5.41) is 9.17. The number of nitrogens with zero attached hydrogens (tertiary/aromatic N) is 1. The van der Waals surface area contributed by atoms with E-state index >= 15 is 0 Å². The molecule has 0 aliphatic carbocycles. The van der Waals surface area contributed by atoms with Gasteiger partial charge in [0.1, 0.15) is 0 Å². The zero-order valence-corrected chi connectivity index (χ0v) is 12.3. The van der Waals surface area contributed by atoms with E-state index < -0.39 is 0 Å². The lowest BCUT2D eigenvalue weighted by atomic mass is 10.1. The molecule has 0 spiro atoms. The normalized spacial score (nSPS) is 12.2. The molecule has 0 bridgehead atoms. The van der Waals surface area contributed by atoms with Crippen molar-refractivity contribution in [3.63, 3.8) is 0 Å². The average molecular weight is 347 g/mol. The largest absolute Gasteiger partial charge is 0.393 e. The summed E-state index contributed by atoms with van der Waals surface area (Å²) in [7, 11) is 1.78. The molecule has 17 heavy (non-hydrogen) atoms. The van der Waals surface area contributed by atoms with Crippen LogP contribution in [0, 0.1) is 3.57 Å². The van der Waals surface area contributed by atoms with Gasteiger partial charge in [0.15, 0.2) is 0 Å². The number of benzene rings is 1. The van der Waals surface area contributed by atoms with E-state index in [1.54, 1.807) is 18.9 Å². The maximum absolute atomic E-state index is 11.9. The molecule has 1 amide bonds. The number of aliphatic hydroxyl groups excluding tert-OH is 1. The van der Waals surface area contributed by atoms with Crippen LogP contribution in [-0.4, -0.2) is 35.6 Å². The van der Waals surface area contributed by atoms with Gasteiger partial charge in [0.2, 0.25) is 5.91 Å². The van der Waals surface area contributed by atoms with Crippen molar-refractivity contribution in [1.29, 1.82) is 0 Å². The standard InChI is InChI=1S/C13H18INO2/c1-10(16)6-7-15(2)13(17)9-11-4-3-5-12(14)8-11/h3-5,8,10,16H,6-7,9H2,1-2H3. The second-order valence-electron chi connectivity index (χ2n) is 4.26. The number of aliphatic hydroxyl groups is 1. The fraction of sp³-hybridized carbons (Fsp3) is 0.462. The topological polar surface area (TPSA) is 40.5 Å². The smallest absolute Gasteiger partial charge is 0.226 e. The molecule has 4 heteroatoms. The van der Waals surface area contributed by atoms with E-state index in [1.807, 2.05) is 24.3 Å². The molecule has 0 aliphatic rings. The third kappa shape index (κ3) is 5.50. The molecule has 0 heterocycles. The highest BCUT2D eigenvalue weighted by molar-refractivity contribution is 14.1. The first-order valence-corrected chi connectivity index (χ1v) is 6.73. The van der Waals surface area contributed by atoms with Crippen molar-refractivity contribution in [1.82, 2.24) is 4.90 Å². The molecule has 1 unspecified atom stereocenters. The highest BCUT2D eigenvalue weighted by Gasteiger charge is 2.10. The summed E-state index contributed by atoms with van der Waals surface area (Å²) in [5.41, 5.74) is 1.03. The quantitative estimate of drug-likeness (QED) is 0.829. The lowest BCUT2D eigenvalue weighted by molar-refractivity contribution is -0.129. The van der Waals surface area contributed by atoms with Crippen molar-refractivity contribution >= 4 is 28.5 Å². The van der Waals surface area contributed by atoms with Crippen molar-refractivity contribution in [2.75, 3.05) is 13.6 Å². The maximum atomic E-state index is 11.9. The molecule has 1 aromatic rings. The zero-order chi connectivity index (χ0) is 12.8. The van der Waals surface area contributed by atoms with Crippen molar-refractivity contribution in [3.05, 3.63) is 33.4 Å². The zero-order valence-electron chi connectivity index (χ0n) is 10.2. The van der Waals surface area contributed by atoms with Crippen LogP contribution < -0.4 is 0 Å². The fourth-order valence-electron chi connectivity index (χ4n) is 1.46. The second-order valence-corrected chi connectivity index (χ2v) is 5.51. The average Bonchev–Trinajstić information content (AvgIpc) is 2.25. The van der Waals surface area contributed by atoms with Crippen LogP contribution in [0.3, 0.4) is 0 Å². The van der Waals surface area contributed by atoms with Gasteiger partial charge < -0.3 is 10.0 Å². The van der Waals surface area contributed by atoms with E-state index in [4.69, 9.17) is 0 Å². The minimum atomic E-state index is -0.358. The Balaban J connectivity index is 2.48. The summed E-state index contributed by atoms with van der Waals surface area (Å²) in [5.74, 6) is 0.0904. The lowest BCUT2D eigenvalue weighted by Gasteiger charge is -2.18. The predicted molar refractivity (Wildman–Crippen MR) is 76.8 cm³/mol. The lowest BCUT2D eigenvalue weighted by Crippen LogP contribution is -2.30. The minimum absolute atomic E-state index is 0.0904. The van der Waals surface area contributed by atoms with Crippen LogP contribution in [0.5, 0.6) is 0 Å². The van der Waals surface area contributed by atoms with Gasteiger partial charge in [-0.05, 0) is 53.6 Å². The Kier molecular flexibility index (Phi) is 5.91. The van der Waals surface area contributed by atoms with Crippen molar-refractivity contribution in [2.45, 2.75) is 25.9 Å². The fourth-order valence-corrected chi connectivity index (χ4v) is 2.07. The first-order valence-electron chi connectivity index (χ1n) is 5.65. The number of hydrogen-bond donors (Lipinski definition) is 1. The Bertz CT molecular complexity index is 379. The number of amides is 1. The van der Waals surface area contributed by atoms with Gasteiger partial charge in [-0.3, -0.25) is 4.79 Å².